The maximum atomic E-state index is 13.3. The molecule has 10 atom stereocenters. The Bertz CT molecular complexity index is 1190. The number of rotatable bonds is 12. The van der Waals surface area contributed by atoms with Gasteiger partial charge in [-0.25, -0.2) is 0 Å². The molecule has 1 fully saturated rings. The van der Waals surface area contributed by atoms with Gasteiger partial charge in [0.25, 0.3) is 0 Å². The average Bonchev–Trinajstić information content (AvgIpc) is 3.53. The number of aliphatic hydroxyl groups is 1. The lowest BCUT2D eigenvalue weighted by molar-refractivity contribution is -0.304. The highest BCUT2D eigenvalue weighted by Crippen LogP contribution is 2.30. The summed E-state index contributed by atoms with van der Waals surface area (Å²) in [6.45, 7) is 13.0. The van der Waals surface area contributed by atoms with E-state index in [-0.39, 0.29) is 36.1 Å². The minimum Gasteiger partial charge on any atom is -0.462 e. The zero-order chi connectivity index (χ0) is 35.2. The molecule has 0 spiro atoms. The molecule has 3 rings (SSSR count). The van der Waals surface area contributed by atoms with Gasteiger partial charge in [-0.05, 0) is 76.7 Å². The molecule has 0 aromatic carbocycles. The van der Waals surface area contributed by atoms with Crippen molar-refractivity contribution < 1.29 is 38.4 Å². The largest absolute Gasteiger partial charge is 0.462 e. The number of aromatic nitrogens is 3. The van der Waals surface area contributed by atoms with E-state index in [2.05, 4.69) is 24.2 Å². The molecule has 2 aliphatic rings. The second-order valence-electron chi connectivity index (χ2n) is 13.9. The van der Waals surface area contributed by atoms with Crippen LogP contribution in [0.4, 0.5) is 0 Å². The van der Waals surface area contributed by atoms with E-state index in [9.17, 15) is 14.7 Å². The Morgan fingerprint density at radius 3 is 2.50 bits per heavy atom. The summed E-state index contributed by atoms with van der Waals surface area (Å²) in [5.74, 6) is 0.0108. The van der Waals surface area contributed by atoms with E-state index in [1.807, 2.05) is 43.8 Å². The zero-order valence-corrected chi connectivity index (χ0v) is 30.5. The lowest BCUT2D eigenvalue weighted by Gasteiger charge is -2.42. The lowest BCUT2D eigenvalue weighted by Crippen LogP contribution is -2.59. The van der Waals surface area contributed by atoms with Gasteiger partial charge in [0.15, 0.2) is 12.1 Å². The minimum atomic E-state index is -0.867. The molecular weight excluding hydrogens is 614 g/mol. The molecule has 272 valence electrons. The number of allylic oxidation sites excluding steroid dienone is 3. The molecule has 11 heteroatoms. The van der Waals surface area contributed by atoms with Crippen molar-refractivity contribution in [2.24, 2.45) is 23.7 Å². The number of methoxy groups -OCH3 is 2. The lowest BCUT2D eigenvalue weighted by atomic mass is 9.83. The van der Waals surface area contributed by atoms with Gasteiger partial charge in [0.1, 0.15) is 24.4 Å². The van der Waals surface area contributed by atoms with Gasteiger partial charge in [-0.1, -0.05) is 57.1 Å². The van der Waals surface area contributed by atoms with Crippen LogP contribution in [0.15, 0.2) is 30.0 Å². The Morgan fingerprint density at radius 2 is 1.81 bits per heavy atom. The van der Waals surface area contributed by atoms with Crippen LogP contribution in [0.25, 0.3) is 0 Å². The summed E-state index contributed by atoms with van der Waals surface area (Å²) in [6, 6.07) is 0. The van der Waals surface area contributed by atoms with Gasteiger partial charge < -0.3 is 28.8 Å². The third-order valence-electron chi connectivity index (χ3n) is 9.79. The predicted molar refractivity (Wildman–Crippen MR) is 183 cm³/mol. The summed E-state index contributed by atoms with van der Waals surface area (Å²) in [6.07, 6.45) is 11.0. The van der Waals surface area contributed by atoms with E-state index in [1.165, 1.54) is 14.2 Å². The Morgan fingerprint density at radius 1 is 1.06 bits per heavy atom. The van der Waals surface area contributed by atoms with Crippen molar-refractivity contribution in [3.63, 3.8) is 0 Å². The molecule has 0 bridgehead atoms. The summed E-state index contributed by atoms with van der Waals surface area (Å²) in [4.78, 5) is 26.5. The summed E-state index contributed by atoms with van der Waals surface area (Å²) in [5, 5.41) is 19.2. The minimum absolute atomic E-state index is 0.0954. The molecule has 1 N–H and O–H groups in total. The van der Waals surface area contributed by atoms with Gasteiger partial charge in [-0.3, -0.25) is 14.3 Å². The van der Waals surface area contributed by atoms with E-state index in [4.69, 9.17) is 23.7 Å². The van der Waals surface area contributed by atoms with Crippen LogP contribution in [0, 0.1) is 23.7 Å². The molecule has 0 aliphatic carbocycles. The van der Waals surface area contributed by atoms with Gasteiger partial charge >= 0.3 is 5.97 Å². The summed E-state index contributed by atoms with van der Waals surface area (Å²) >= 11 is 0. The van der Waals surface area contributed by atoms with Crippen LogP contribution in [0.2, 0.25) is 0 Å². The van der Waals surface area contributed by atoms with Crippen LogP contribution in [-0.2, 0) is 46.2 Å². The van der Waals surface area contributed by atoms with E-state index in [0.29, 0.717) is 25.2 Å². The molecule has 48 heavy (non-hydrogen) atoms. The second kappa shape index (κ2) is 20.3. The van der Waals surface area contributed by atoms with Crippen molar-refractivity contribution in [3.8, 4) is 0 Å². The highest BCUT2D eigenvalue weighted by molar-refractivity contribution is 5.91. The average molecular weight is 676 g/mol. The van der Waals surface area contributed by atoms with Crippen molar-refractivity contribution in [1.29, 1.82) is 0 Å². The number of carbonyl (C=O) groups excluding carboxylic acids is 2. The number of ether oxygens (including phenoxy) is 5. The summed E-state index contributed by atoms with van der Waals surface area (Å²) in [7, 11) is 3.05. The zero-order valence-electron chi connectivity index (χ0n) is 30.5. The number of unbranched alkanes of at least 4 members (excludes halogenated alkanes) is 1. The van der Waals surface area contributed by atoms with Gasteiger partial charge in [0.2, 0.25) is 0 Å². The Kier molecular flexibility index (Phi) is 16.9. The topological polar surface area (TPSA) is 131 Å². The highest BCUT2D eigenvalue weighted by Gasteiger charge is 2.45. The predicted octanol–water partition coefficient (Wildman–Crippen LogP) is 5.64. The van der Waals surface area contributed by atoms with Crippen molar-refractivity contribution >= 4 is 11.8 Å². The van der Waals surface area contributed by atoms with Crippen molar-refractivity contribution in [2.45, 2.75) is 143 Å². The molecule has 1 saturated heterocycles. The first kappa shape index (κ1) is 40.0. The third kappa shape index (κ3) is 12.2. The number of hydrogen-bond donors (Lipinski definition) is 1. The van der Waals surface area contributed by atoms with Crippen LogP contribution in [0.3, 0.4) is 0 Å². The van der Waals surface area contributed by atoms with Crippen LogP contribution in [-0.4, -0.2) is 89.5 Å². The maximum Gasteiger partial charge on any atom is 0.306 e. The van der Waals surface area contributed by atoms with Crippen LogP contribution < -0.4 is 0 Å². The number of esters is 1. The fraction of sp³-hybridized carbons (Fsp3) is 0.784. The second-order valence-corrected chi connectivity index (χ2v) is 13.9. The third-order valence-corrected chi connectivity index (χ3v) is 9.79. The summed E-state index contributed by atoms with van der Waals surface area (Å²) in [5.41, 5.74) is 1.89. The van der Waals surface area contributed by atoms with E-state index in [0.717, 1.165) is 56.3 Å². The van der Waals surface area contributed by atoms with Crippen LogP contribution in [0.1, 0.15) is 98.6 Å². The van der Waals surface area contributed by atoms with E-state index in [1.54, 1.807) is 13.0 Å². The Balaban J connectivity index is 1.76. The number of ketones is 1. The van der Waals surface area contributed by atoms with Crippen molar-refractivity contribution in [1.82, 2.24) is 15.0 Å². The molecule has 1 aromatic heterocycles. The van der Waals surface area contributed by atoms with Crippen LogP contribution in [0.5, 0.6) is 0 Å². The van der Waals surface area contributed by atoms with Gasteiger partial charge in [-0.2, -0.15) is 0 Å². The van der Waals surface area contributed by atoms with E-state index >= 15 is 0 Å². The molecule has 2 aliphatic heterocycles. The Hall–Kier alpha value is -2.44. The molecule has 0 radical (unpaired) electrons. The number of hydrogen-bond acceptors (Lipinski definition) is 10. The summed E-state index contributed by atoms with van der Waals surface area (Å²) < 4.78 is 31.4. The van der Waals surface area contributed by atoms with Gasteiger partial charge in [0.05, 0.1) is 18.4 Å². The van der Waals surface area contributed by atoms with Crippen LogP contribution >= 0.6 is 0 Å². The number of nitrogens with zero attached hydrogens (tertiary/aromatic N) is 3. The van der Waals surface area contributed by atoms with Gasteiger partial charge in [-0.15, -0.1) is 5.10 Å². The molecule has 1 aromatic rings. The molecule has 0 saturated carbocycles. The first-order chi connectivity index (χ1) is 23.0. The van der Waals surface area contributed by atoms with Gasteiger partial charge in [0, 0.05) is 45.2 Å². The SMILES string of the molecule is CCCCc1cn(CC[C@@H]2C[C@@H](C)CCC(=O)O[C@H](CC)[C@@H](COC3OC(C)C(O)C(OC)C3OC)/C=C(C)/C=C/C(=O)[C@H](C)C2)nn1. The maximum absolute atomic E-state index is 13.3. The molecule has 11 nitrogen and oxygen atoms in total. The number of carbonyl (C=O) groups is 2. The smallest absolute Gasteiger partial charge is 0.306 e. The fourth-order valence-corrected chi connectivity index (χ4v) is 6.81. The first-order valence-corrected chi connectivity index (χ1v) is 18.0. The molecule has 3 heterocycles. The standard InChI is InChI=1S/C37H61N3O8/c1-9-11-12-30-22-40(39-38-30)18-17-28-19-24(3)14-16-33(42)48-32(10-2)29(20-25(4)13-15-31(41)26(5)21-28)23-46-37-36(45-8)35(44-7)34(43)27(6)47-37/h13,15,20,22,24,26-29,32,34-37,43H,9-12,14,16-19,21,23H2,1-8H3/b15-13+,25-20+/t24-,26+,27?,28+,29+,32+,34?,35?,36?,37?/m0/s1. The number of aryl methyl sites for hydroxylation is 2. The number of cyclic esters (lactones) is 1. The normalized spacial score (nSPS) is 34.7. The molecule has 5 unspecified atom stereocenters. The fourth-order valence-electron chi connectivity index (χ4n) is 6.81. The monoisotopic (exact) mass is 675 g/mol. The van der Waals surface area contributed by atoms with Crippen molar-refractivity contribution in [2.75, 3.05) is 20.8 Å². The molecular formula is C37H61N3O8. The molecule has 0 amide bonds. The van der Waals surface area contributed by atoms with E-state index < -0.39 is 36.8 Å². The number of aliphatic hydroxyl groups excluding tert-OH is 1. The van der Waals surface area contributed by atoms with Crippen molar-refractivity contribution in [3.05, 3.63) is 35.7 Å². The first-order valence-electron chi connectivity index (χ1n) is 18.0. The Labute approximate surface area is 287 Å². The quantitative estimate of drug-likeness (QED) is 0.278. The highest BCUT2D eigenvalue weighted by atomic mass is 16.7.